The molecule has 0 aromatic carbocycles. The van der Waals surface area contributed by atoms with E-state index in [0.717, 1.165) is 0 Å². The molecule has 0 spiro atoms. The zero-order chi connectivity index (χ0) is 10.5. The summed E-state index contributed by atoms with van der Waals surface area (Å²) < 4.78 is 0. The molecule has 0 rings (SSSR count). The second-order valence-corrected chi connectivity index (χ2v) is 3.81. The van der Waals surface area contributed by atoms with Gasteiger partial charge in [0.25, 0.3) is 0 Å². The van der Waals surface area contributed by atoms with Crippen molar-refractivity contribution in [3.8, 4) is 0 Å². The van der Waals surface area contributed by atoms with Crippen molar-refractivity contribution in [1.29, 1.82) is 0 Å². The molecular weight excluding hydrogens is 168 g/mol. The fourth-order valence-corrected chi connectivity index (χ4v) is 0.771. The van der Waals surface area contributed by atoms with E-state index in [2.05, 4.69) is 10.6 Å². The summed E-state index contributed by atoms with van der Waals surface area (Å²) in [6, 6.07) is 0. The molecule has 0 saturated carbocycles. The first-order chi connectivity index (χ1) is 5.86. The Morgan fingerprint density at radius 1 is 1.46 bits per heavy atom. The number of amides is 1. The van der Waals surface area contributed by atoms with Gasteiger partial charge in [0, 0.05) is 25.6 Å². The Morgan fingerprint density at radius 3 is 2.38 bits per heavy atom. The Balaban J connectivity index is 3.58. The first-order valence-electron chi connectivity index (χ1n) is 4.54. The highest BCUT2D eigenvalue weighted by molar-refractivity contribution is 5.72. The van der Waals surface area contributed by atoms with Gasteiger partial charge in [-0.15, -0.1) is 0 Å². The van der Waals surface area contributed by atoms with Crippen LogP contribution < -0.4 is 10.6 Å². The van der Waals surface area contributed by atoms with Crippen LogP contribution in [0.15, 0.2) is 0 Å². The van der Waals surface area contributed by atoms with Gasteiger partial charge >= 0.3 is 0 Å². The van der Waals surface area contributed by atoms with E-state index in [1.165, 1.54) is 6.92 Å². The molecule has 0 bridgehead atoms. The second kappa shape index (κ2) is 5.19. The zero-order valence-electron chi connectivity index (χ0n) is 8.85. The minimum atomic E-state index is -0.412. The van der Waals surface area contributed by atoms with E-state index in [0.29, 0.717) is 13.1 Å². The first-order valence-corrected chi connectivity index (χ1v) is 4.54. The van der Waals surface area contributed by atoms with Gasteiger partial charge in [0.15, 0.2) is 0 Å². The molecule has 0 aliphatic carbocycles. The molecule has 1 unspecified atom stereocenters. The van der Waals surface area contributed by atoms with E-state index in [1.807, 2.05) is 13.8 Å². The molecule has 78 valence electrons. The predicted octanol–water partition coefficient (Wildman–Crippen LogP) is -0.128. The lowest BCUT2D eigenvalue weighted by Crippen LogP contribution is -2.50. The number of nitrogens with one attached hydrogen (secondary N) is 2. The smallest absolute Gasteiger partial charge is 0.216 e. The van der Waals surface area contributed by atoms with Crippen molar-refractivity contribution in [3.05, 3.63) is 0 Å². The van der Waals surface area contributed by atoms with E-state index in [4.69, 9.17) is 0 Å². The van der Waals surface area contributed by atoms with E-state index in [1.54, 1.807) is 6.92 Å². The van der Waals surface area contributed by atoms with Crippen LogP contribution in [0.5, 0.6) is 0 Å². The van der Waals surface area contributed by atoms with Crippen molar-refractivity contribution in [1.82, 2.24) is 10.6 Å². The summed E-state index contributed by atoms with van der Waals surface area (Å²) in [7, 11) is 0. The molecule has 4 heteroatoms. The molecule has 3 N–H and O–H groups in total. The second-order valence-electron chi connectivity index (χ2n) is 3.81. The van der Waals surface area contributed by atoms with Gasteiger partial charge in [0.1, 0.15) is 0 Å². The van der Waals surface area contributed by atoms with Gasteiger partial charge in [0.2, 0.25) is 5.91 Å². The van der Waals surface area contributed by atoms with Crippen LogP contribution in [0.3, 0.4) is 0 Å². The highest BCUT2D eigenvalue weighted by atomic mass is 16.3. The highest BCUT2D eigenvalue weighted by Gasteiger charge is 2.22. The third-order valence-electron chi connectivity index (χ3n) is 2.12. The fourth-order valence-electron chi connectivity index (χ4n) is 0.771. The number of hydrogen-bond donors (Lipinski definition) is 3. The van der Waals surface area contributed by atoms with Crippen LogP contribution in [-0.2, 0) is 4.79 Å². The molecule has 4 nitrogen and oxygen atoms in total. The number of aliphatic hydroxyl groups excluding tert-OH is 1. The standard InChI is InChI=1S/C9H20N2O2/c1-7(12)9(3,4)11-6-5-10-8(2)13/h7,11-12H,5-6H2,1-4H3,(H,10,13). The normalized spacial score (nSPS) is 13.9. The van der Waals surface area contributed by atoms with Crippen molar-refractivity contribution in [2.75, 3.05) is 13.1 Å². The van der Waals surface area contributed by atoms with E-state index >= 15 is 0 Å². The predicted molar refractivity (Wildman–Crippen MR) is 52.4 cm³/mol. The lowest BCUT2D eigenvalue weighted by molar-refractivity contribution is -0.118. The Bertz CT molecular complexity index is 167. The van der Waals surface area contributed by atoms with Gasteiger partial charge in [-0.1, -0.05) is 0 Å². The van der Waals surface area contributed by atoms with Gasteiger partial charge in [-0.2, -0.15) is 0 Å². The SMILES string of the molecule is CC(=O)NCCNC(C)(C)C(C)O. The summed E-state index contributed by atoms with van der Waals surface area (Å²) in [5.41, 5.74) is -0.307. The van der Waals surface area contributed by atoms with Crippen LogP contribution in [0.2, 0.25) is 0 Å². The molecule has 1 amide bonds. The summed E-state index contributed by atoms with van der Waals surface area (Å²) in [6.07, 6.45) is -0.412. The summed E-state index contributed by atoms with van der Waals surface area (Å²) >= 11 is 0. The number of rotatable bonds is 5. The number of carbonyl (C=O) groups is 1. The first kappa shape index (κ1) is 12.4. The Labute approximate surface area is 79.7 Å². The number of aliphatic hydroxyl groups is 1. The molecule has 0 aliphatic heterocycles. The zero-order valence-corrected chi connectivity index (χ0v) is 8.85. The average Bonchev–Trinajstić information content (AvgIpc) is 1.97. The third-order valence-corrected chi connectivity index (χ3v) is 2.12. The number of carbonyl (C=O) groups excluding carboxylic acids is 1. The molecule has 0 radical (unpaired) electrons. The van der Waals surface area contributed by atoms with Gasteiger partial charge < -0.3 is 15.7 Å². The monoisotopic (exact) mass is 188 g/mol. The molecule has 13 heavy (non-hydrogen) atoms. The van der Waals surface area contributed by atoms with Crippen LogP contribution >= 0.6 is 0 Å². The topological polar surface area (TPSA) is 61.4 Å². The minimum Gasteiger partial charge on any atom is -0.392 e. The lowest BCUT2D eigenvalue weighted by Gasteiger charge is -2.29. The van der Waals surface area contributed by atoms with Gasteiger partial charge in [-0.05, 0) is 20.8 Å². The van der Waals surface area contributed by atoms with Crippen LogP contribution in [-0.4, -0.2) is 35.7 Å². The van der Waals surface area contributed by atoms with Crippen LogP contribution in [0.4, 0.5) is 0 Å². The van der Waals surface area contributed by atoms with Gasteiger partial charge in [0.05, 0.1) is 6.10 Å². The largest absolute Gasteiger partial charge is 0.392 e. The number of hydrogen-bond acceptors (Lipinski definition) is 3. The molecule has 0 saturated heterocycles. The van der Waals surface area contributed by atoms with Crippen molar-refractivity contribution in [2.24, 2.45) is 0 Å². The molecule has 0 aliphatic rings. The van der Waals surface area contributed by atoms with Crippen molar-refractivity contribution < 1.29 is 9.90 Å². The van der Waals surface area contributed by atoms with E-state index in [-0.39, 0.29) is 11.4 Å². The minimum absolute atomic E-state index is 0.0309. The van der Waals surface area contributed by atoms with E-state index < -0.39 is 6.10 Å². The van der Waals surface area contributed by atoms with Crippen LogP contribution in [0.1, 0.15) is 27.7 Å². The molecule has 0 heterocycles. The molecule has 0 aromatic heterocycles. The van der Waals surface area contributed by atoms with E-state index in [9.17, 15) is 9.90 Å². The van der Waals surface area contributed by atoms with Crippen molar-refractivity contribution >= 4 is 5.91 Å². The molecule has 0 aromatic rings. The fraction of sp³-hybridized carbons (Fsp3) is 0.889. The Morgan fingerprint density at radius 2 is 2.00 bits per heavy atom. The quantitative estimate of drug-likeness (QED) is 0.527. The molecule has 1 atom stereocenters. The summed E-state index contributed by atoms with van der Waals surface area (Å²) in [5, 5.41) is 15.2. The Kier molecular flexibility index (Phi) is 4.95. The van der Waals surface area contributed by atoms with Crippen LogP contribution in [0.25, 0.3) is 0 Å². The van der Waals surface area contributed by atoms with Crippen LogP contribution in [0, 0.1) is 0 Å². The maximum Gasteiger partial charge on any atom is 0.216 e. The molecular formula is C9H20N2O2. The van der Waals surface area contributed by atoms with Crippen molar-refractivity contribution in [2.45, 2.75) is 39.3 Å². The summed E-state index contributed by atoms with van der Waals surface area (Å²) in [5.74, 6) is -0.0309. The lowest BCUT2D eigenvalue weighted by atomic mass is 9.99. The average molecular weight is 188 g/mol. The van der Waals surface area contributed by atoms with Crippen molar-refractivity contribution in [3.63, 3.8) is 0 Å². The van der Waals surface area contributed by atoms with Gasteiger partial charge in [-0.25, -0.2) is 0 Å². The maximum absolute atomic E-state index is 10.5. The Hall–Kier alpha value is -0.610. The highest BCUT2D eigenvalue weighted by Crippen LogP contribution is 2.06. The third kappa shape index (κ3) is 5.60. The summed E-state index contributed by atoms with van der Waals surface area (Å²) in [6.45, 7) is 8.32. The maximum atomic E-state index is 10.5. The van der Waals surface area contributed by atoms with Gasteiger partial charge in [-0.3, -0.25) is 4.79 Å². The molecule has 0 fully saturated rings. The summed E-state index contributed by atoms with van der Waals surface area (Å²) in [4.78, 5) is 10.5.